The fourth-order valence-corrected chi connectivity index (χ4v) is 2.73. The number of ether oxygens (including phenoxy) is 1. The van der Waals surface area contributed by atoms with E-state index in [4.69, 9.17) is 0 Å². The van der Waals surface area contributed by atoms with Crippen molar-refractivity contribution in [1.82, 2.24) is 10.2 Å². The Labute approximate surface area is 184 Å². The third-order valence-electron chi connectivity index (χ3n) is 4.58. The Hall–Kier alpha value is -2.82. The number of rotatable bonds is 8. The Morgan fingerprint density at radius 1 is 1.35 bits per heavy atom. The number of benzene rings is 1. The normalized spacial score (nSPS) is 14.4. The van der Waals surface area contributed by atoms with Gasteiger partial charge in [-0.2, -0.15) is 0 Å². The second-order valence-electron chi connectivity index (χ2n) is 7.36. The number of likely N-dealkylation sites (N-methyl/N-ethyl adjacent to an activating group) is 2. The van der Waals surface area contributed by atoms with Crippen LogP contribution in [0.3, 0.4) is 0 Å². The molecule has 1 fully saturated rings. The Balaban J connectivity index is 0.00000151. The van der Waals surface area contributed by atoms with E-state index in [0.717, 1.165) is 25.3 Å². The van der Waals surface area contributed by atoms with Gasteiger partial charge in [-0.05, 0) is 32.3 Å². The van der Waals surface area contributed by atoms with E-state index in [0.29, 0.717) is 29.8 Å². The standard InChI is InChI=1S/C19H29N7O2.C2H6O/c1-6-16(14-12-21-13-14)23-19(20-2)22-15-7-8-17(18(11-15)26(27)28)25(5)10-9-24(3)4;1-3-2/h6-8,11,14,21H,1,9-10,12-13H2,2-5H3,(H,20,22);1-2H3/b23-16+;. The van der Waals surface area contributed by atoms with E-state index in [2.05, 4.69) is 31.9 Å². The number of nitro groups is 1. The molecule has 1 heterocycles. The molecule has 10 nitrogen and oxygen atoms in total. The van der Waals surface area contributed by atoms with Gasteiger partial charge in [-0.1, -0.05) is 6.58 Å². The van der Waals surface area contributed by atoms with Gasteiger partial charge in [0.2, 0.25) is 5.96 Å². The summed E-state index contributed by atoms with van der Waals surface area (Å²) in [6.45, 7) is 7.03. The minimum Gasteiger partial charge on any atom is -0.388 e. The monoisotopic (exact) mass is 433 g/mol. The SMILES string of the molecule is C=C/C(=N\C(=NC)Nc1ccc(N(C)CCN(C)C)c([N+](=O)[O-])c1)C1CNC1.COC. The highest BCUT2D eigenvalue weighted by Gasteiger charge is 2.22. The van der Waals surface area contributed by atoms with Gasteiger partial charge < -0.3 is 25.2 Å². The summed E-state index contributed by atoms with van der Waals surface area (Å²) in [6, 6.07) is 5.06. The van der Waals surface area contributed by atoms with Crippen LogP contribution in [0.5, 0.6) is 0 Å². The summed E-state index contributed by atoms with van der Waals surface area (Å²) < 4.78 is 4.25. The number of anilines is 2. The van der Waals surface area contributed by atoms with Crippen LogP contribution in [-0.4, -0.2) is 90.1 Å². The largest absolute Gasteiger partial charge is 0.388 e. The van der Waals surface area contributed by atoms with E-state index >= 15 is 0 Å². The molecule has 0 saturated carbocycles. The van der Waals surface area contributed by atoms with Crippen LogP contribution in [0, 0.1) is 16.0 Å². The van der Waals surface area contributed by atoms with Gasteiger partial charge in [0, 0.05) is 77.9 Å². The Morgan fingerprint density at radius 2 is 2.00 bits per heavy atom. The van der Waals surface area contributed by atoms with Crippen molar-refractivity contribution in [3.63, 3.8) is 0 Å². The molecule has 0 bridgehead atoms. The number of hydrogen-bond donors (Lipinski definition) is 2. The number of aliphatic imine (C=N–C) groups is 2. The summed E-state index contributed by atoms with van der Waals surface area (Å²) in [5.41, 5.74) is 2.03. The Morgan fingerprint density at radius 3 is 2.45 bits per heavy atom. The molecule has 1 aromatic rings. The molecule has 2 rings (SSSR count). The zero-order valence-corrected chi connectivity index (χ0v) is 19.4. The third-order valence-corrected chi connectivity index (χ3v) is 4.58. The lowest BCUT2D eigenvalue weighted by Gasteiger charge is -2.27. The lowest BCUT2D eigenvalue weighted by atomic mass is 9.97. The van der Waals surface area contributed by atoms with Crippen LogP contribution in [0.4, 0.5) is 17.1 Å². The van der Waals surface area contributed by atoms with E-state index in [-0.39, 0.29) is 10.6 Å². The lowest BCUT2D eigenvalue weighted by Crippen LogP contribution is -2.46. The number of methoxy groups -OCH3 is 1. The summed E-state index contributed by atoms with van der Waals surface area (Å²) in [4.78, 5) is 23.8. The van der Waals surface area contributed by atoms with Crippen LogP contribution in [0.2, 0.25) is 0 Å². The van der Waals surface area contributed by atoms with Crippen molar-refractivity contribution in [2.45, 2.75) is 0 Å². The smallest absolute Gasteiger partial charge is 0.294 e. The number of guanidine groups is 1. The van der Waals surface area contributed by atoms with Crippen molar-refractivity contribution in [2.75, 3.05) is 78.8 Å². The predicted molar refractivity (Wildman–Crippen MR) is 129 cm³/mol. The van der Waals surface area contributed by atoms with Crippen molar-refractivity contribution in [2.24, 2.45) is 15.9 Å². The van der Waals surface area contributed by atoms with Gasteiger partial charge >= 0.3 is 0 Å². The maximum absolute atomic E-state index is 11.6. The molecule has 0 radical (unpaired) electrons. The Kier molecular flexibility index (Phi) is 11.4. The summed E-state index contributed by atoms with van der Waals surface area (Å²) in [6.07, 6.45) is 1.73. The molecule has 2 N–H and O–H groups in total. The molecular weight excluding hydrogens is 398 g/mol. The van der Waals surface area contributed by atoms with Gasteiger partial charge in [0.1, 0.15) is 5.69 Å². The molecule has 10 heteroatoms. The highest BCUT2D eigenvalue weighted by Crippen LogP contribution is 2.30. The second kappa shape index (κ2) is 13.5. The van der Waals surface area contributed by atoms with Gasteiger partial charge in [0.25, 0.3) is 5.69 Å². The fourth-order valence-electron chi connectivity index (χ4n) is 2.73. The molecule has 0 unspecified atom stereocenters. The highest BCUT2D eigenvalue weighted by molar-refractivity contribution is 6.08. The molecule has 1 saturated heterocycles. The van der Waals surface area contributed by atoms with Crippen molar-refractivity contribution in [3.05, 3.63) is 41.0 Å². The number of hydrogen-bond acceptors (Lipinski definition) is 7. The van der Waals surface area contributed by atoms with Crippen molar-refractivity contribution >= 4 is 28.7 Å². The first kappa shape index (κ1) is 26.2. The molecule has 0 amide bonds. The molecule has 31 heavy (non-hydrogen) atoms. The first-order chi connectivity index (χ1) is 14.8. The van der Waals surface area contributed by atoms with Crippen molar-refractivity contribution < 1.29 is 9.66 Å². The quantitative estimate of drug-likeness (QED) is 0.280. The van der Waals surface area contributed by atoms with E-state index in [1.54, 1.807) is 39.5 Å². The topological polar surface area (TPSA) is 108 Å². The van der Waals surface area contributed by atoms with E-state index in [9.17, 15) is 10.1 Å². The number of nitro benzene ring substituents is 1. The Bertz CT molecular complexity index is 789. The zero-order chi connectivity index (χ0) is 23.4. The van der Waals surface area contributed by atoms with Crippen LogP contribution in [0.15, 0.2) is 40.8 Å². The first-order valence-electron chi connectivity index (χ1n) is 9.97. The van der Waals surface area contributed by atoms with E-state index in [1.165, 1.54) is 6.07 Å². The predicted octanol–water partition coefficient (Wildman–Crippen LogP) is 2.10. The molecule has 0 atom stereocenters. The van der Waals surface area contributed by atoms with Gasteiger partial charge in [0.15, 0.2) is 0 Å². The zero-order valence-electron chi connectivity index (χ0n) is 19.4. The first-order valence-corrected chi connectivity index (χ1v) is 9.97. The van der Waals surface area contributed by atoms with Crippen LogP contribution in [-0.2, 0) is 4.74 Å². The molecule has 0 spiro atoms. The maximum Gasteiger partial charge on any atom is 0.294 e. The molecule has 1 aromatic carbocycles. The number of nitrogens with one attached hydrogen (secondary N) is 2. The van der Waals surface area contributed by atoms with Crippen LogP contribution < -0.4 is 15.5 Å². The summed E-state index contributed by atoms with van der Waals surface area (Å²) in [5.74, 6) is 0.711. The summed E-state index contributed by atoms with van der Waals surface area (Å²) in [5, 5.41) is 17.9. The fraction of sp³-hybridized carbons (Fsp3) is 0.524. The minimum atomic E-state index is -0.367. The molecule has 1 aliphatic heterocycles. The van der Waals surface area contributed by atoms with E-state index < -0.39 is 0 Å². The van der Waals surface area contributed by atoms with Gasteiger partial charge in [-0.15, -0.1) is 0 Å². The second-order valence-corrected chi connectivity index (χ2v) is 7.36. The molecule has 0 aliphatic carbocycles. The lowest BCUT2D eigenvalue weighted by molar-refractivity contribution is -0.384. The number of allylic oxidation sites excluding steroid dienone is 1. The van der Waals surface area contributed by atoms with Crippen molar-refractivity contribution in [3.8, 4) is 0 Å². The highest BCUT2D eigenvalue weighted by atomic mass is 16.6. The molecular formula is C21H35N7O3. The third kappa shape index (κ3) is 8.44. The average Bonchev–Trinajstić information content (AvgIpc) is 2.69. The number of nitrogens with zero attached hydrogens (tertiary/aromatic N) is 5. The van der Waals surface area contributed by atoms with Gasteiger partial charge in [0.05, 0.1) is 4.92 Å². The van der Waals surface area contributed by atoms with Crippen LogP contribution >= 0.6 is 0 Å². The molecule has 1 aliphatic rings. The maximum atomic E-state index is 11.6. The molecule has 0 aromatic heterocycles. The van der Waals surface area contributed by atoms with E-state index in [1.807, 2.05) is 30.9 Å². The summed E-state index contributed by atoms with van der Waals surface area (Å²) >= 11 is 0. The summed E-state index contributed by atoms with van der Waals surface area (Å²) in [7, 11) is 10.7. The minimum absolute atomic E-state index is 0.0397. The van der Waals surface area contributed by atoms with Crippen LogP contribution in [0.1, 0.15) is 0 Å². The van der Waals surface area contributed by atoms with Crippen molar-refractivity contribution in [1.29, 1.82) is 0 Å². The van der Waals surface area contributed by atoms with Gasteiger partial charge in [-0.3, -0.25) is 15.1 Å². The molecule has 172 valence electrons. The van der Waals surface area contributed by atoms with Crippen LogP contribution in [0.25, 0.3) is 0 Å². The average molecular weight is 434 g/mol. The van der Waals surface area contributed by atoms with Gasteiger partial charge in [-0.25, -0.2) is 4.99 Å².